The van der Waals surface area contributed by atoms with Gasteiger partial charge in [-0.25, -0.2) is 0 Å². The summed E-state index contributed by atoms with van der Waals surface area (Å²) in [4.78, 5) is 10.3. The van der Waals surface area contributed by atoms with Crippen LogP contribution in [0.2, 0.25) is 0 Å². The SMILES string of the molecule is C/C=C/c1cccc(CCCC(=O)O)c1. The van der Waals surface area contributed by atoms with E-state index in [-0.39, 0.29) is 6.42 Å². The monoisotopic (exact) mass is 204 g/mol. The van der Waals surface area contributed by atoms with E-state index < -0.39 is 5.97 Å². The van der Waals surface area contributed by atoms with E-state index >= 15 is 0 Å². The summed E-state index contributed by atoms with van der Waals surface area (Å²) in [7, 11) is 0. The molecular weight excluding hydrogens is 188 g/mol. The average molecular weight is 204 g/mol. The van der Waals surface area contributed by atoms with Gasteiger partial charge in [0.05, 0.1) is 0 Å². The van der Waals surface area contributed by atoms with Gasteiger partial charge in [0.15, 0.2) is 0 Å². The van der Waals surface area contributed by atoms with E-state index in [1.165, 1.54) is 11.1 Å². The number of allylic oxidation sites excluding steroid dienone is 1. The number of carbonyl (C=O) groups is 1. The van der Waals surface area contributed by atoms with E-state index in [1.54, 1.807) is 0 Å². The van der Waals surface area contributed by atoms with Crippen LogP contribution in [0.5, 0.6) is 0 Å². The lowest BCUT2D eigenvalue weighted by Crippen LogP contribution is -1.95. The second kappa shape index (κ2) is 6.02. The van der Waals surface area contributed by atoms with Crippen LogP contribution in [0.4, 0.5) is 0 Å². The third-order valence-electron chi connectivity index (χ3n) is 2.17. The molecule has 0 aromatic heterocycles. The van der Waals surface area contributed by atoms with Gasteiger partial charge in [-0.15, -0.1) is 0 Å². The number of hydrogen-bond donors (Lipinski definition) is 1. The van der Waals surface area contributed by atoms with Gasteiger partial charge in [0.25, 0.3) is 0 Å². The minimum atomic E-state index is -0.723. The van der Waals surface area contributed by atoms with Crippen LogP contribution in [0.1, 0.15) is 30.9 Å². The minimum absolute atomic E-state index is 0.244. The average Bonchev–Trinajstić information content (AvgIpc) is 2.18. The maximum Gasteiger partial charge on any atom is 0.303 e. The number of aryl methyl sites for hydroxylation is 1. The van der Waals surface area contributed by atoms with E-state index in [1.807, 2.05) is 37.3 Å². The molecule has 0 unspecified atom stereocenters. The van der Waals surface area contributed by atoms with Crippen LogP contribution in [0.3, 0.4) is 0 Å². The maximum absolute atomic E-state index is 10.3. The van der Waals surface area contributed by atoms with Gasteiger partial charge in [0, 0.05) is 6.42 Å². The molecule has 2 nitrogen and oxygen atoms in total. The number of carboxylic acids is 1. The standard InChI is InChI=1S/C13H16O2/c1-2-5-11-6-3-7-12(10-11)8-4-9-13(14)15/h2-3,5-7,10H,4,8-9H2,1H3,(H,14,15)/b5-2+. The second-order valence-electron chi connectivity index (χ2n) is 3.49. The summed E-state index contributed by atoms with van der Waals surface area (Å²) in [5.74, 6) is -0.723. The van der Waals surface area contributed by atoms with Gasteiger partial charge in [-0.2, -0.15) is 0 Å². The number of benzene rings is 1. The molecule has 0 aliphatic carbocycles. The Morgan fingerprint density at radius 2 is 2.27 bits per heavy atom. The molecule has 0 radical (unpaired) electrons. The predicted octanol–water partition coefficient (Wildman–Crippen LogP) is 3.13. The van der Waals surface area contributed by atoms with E-state index in [2.05, 4.69) is 6.07 Å². The molecule has 80 valence electrons. The molecule has 15 heavy (non-hydrogen) atoms. The third-order valence-corrected chi connectivity index (χ3v) is 2.17. The molecule has 0 atom stereocenters. The summed E-state index contributed by atoms with van der Waals surface area (Å²) in [5, 5.41) is 8.52. The van der Waals surface area contributed by atoms with Crippen LogP contribution < -0.4 is 0 Å². The van der Waals surface area contributed by atoms with E-state index in [0.717, 1.165) is 6.42 Å². The van der Waals surface area contributed by atoms with Crippen molar-refractivity contribution in [1.82, 2.24) is 0 Å². The van der Waals surface area contributed by atoms with Crippen LogP contribution in [-0.2, 0) is 11.2 Å². The first kappa shape index (κ1) is 11.5. The van der Waals surface area contributed by atoms with Crippen LogP contribution in [0, 0.1) is 0 Å². The molecule has 0 aliphatic heterocycles. The van der Waals surface area contributed by atoms with Crippen LogP contribution in [-0.4, -0.2) is 11.1 Å². The first-order valence-corrected chi connectivity index (χ1v) is 5.16. The lowest BCUT2D eigenvalue weighted by molar-refractivity contribution is -0.137. The summed E-state index contributed by atoms with van der Waals surface area (Å²) < 4.78 is 0. The molecule has 0 aliphatic rings. The summed E-state index contributed by atoms with van der Waals surface area (Å²) in [5.41, 5.74) is 2.37. The van der Waals surface area contributed by atoms with Gasteiger partial charge < -0.3 is 5.11 Å². The molecule has 2 heteroatoms. The molecular formula is C13H16O2. The number of hydrogen-bond acceptors (Lipinski definition) is 1. The normalized spacial score (nSPS) is 10.7. The molecule has 0 bridgehead atoms. The van der Waals surface area contributed by atoms with Crippen molar-refractivity contribution in [3.63, 3.8) is 0 Å². The molecule has 1 aromatic rings. The lowest BCUT2D eigenvalue weighted by atomic mass is 10.1. The lowest BCUT2D eigenvalue weighted by Gasteiger charge is -2.01. The van der Waals surface area contributed by atoms with E-state index in [9.17, 15) is 4.79 Å². The maximum atomic E-state index is 10.3. The van der Waals surface area contributed by atoms with Crippen molar-refractivity contribution in [2.24, 2.45) is 0 Å². The first-order valence-electron chi connectivity index (χ1n) is 5.16. The van der Waals surface area contributed by atoms with Crippen molar-refractivity contribution >= 4 is 12.0 Å². The fourth-order valence-electron chi connectivity index (χ4n) is 1.49. The minimum Gasteiger partial charge on any atom is -0.481 e. The number of aliphatic carboxylic acids is 1. The predicted molar refractivity (Wildman–Crippen MR) is 61.7 cm³/mol. The van der Waals surface area contributed by atoms with Gasteiger partial charge in [0.2, 0.25) is 0 Å². The van der Waals surface area contributed by atoms with Crippen molar-refractivity contribution in [2.45, 2.75) is 26.2 Å². The van der Waals surface area contributed by atoms with E-state index in [4.69, 9.17) is 5.11 Å². The Morgan fingerprint density at radius 1 is 1.47 bits per heavy atom. The zero-order chi connectivity index (χ0) is 11.1. The first-order chi connectivity index (χ1) is 7.22. The van der Waals surface area contributed by atoms with Crippen molar-refractivity contribution in [1.29, 1.82) is 0 Å². The molecule has 0 amide bonds. The molecule has 1 rings (SSSR count). The highest BCUT2D eigenvalue weighted by Crippen LogP contribution is 2.10. The fourth-order valence-corrected chi connectivity index (χ4v) is 1.49. The molecule has 0 saturated carbocycles. The third kappa shape index (κ3) is 4.45. The Kier molecular flexibility index (Phi) is 4.61. The van der Waals surface area contributed by atoms with Crippen molar-refractivity contribution in [3.8, 4) is 0 Å². The Balaban J connectivity index is 2.54. The van der Waals surface area contributed by atoms with Gasteiger partial charge in [-0.3, -0.25) is 4.79 Å². The van der Waals surface area contributed by atoms with Gasteiger partial charge >= 0.3 is 5.97 Å². The Morgan fingerprint density at radius 3 is 2.93 bits per heavy atom. The van der Waals surface area contributed by atoms with Crippen molar-refractivity contribution in [2.75, 3.05) is 0 Å². The Labute approximate surface area is 90.3 Å². The number of carboxylic acid groups (broad SMARTS) is 1. The molecule has 1 N–H and O–H groups in total. The largest absolute Gasteiger partial charge is 0.481 e. The summed E-state index contributed by atoms with van der Waals surface area (Å²) in [6, 6.07) is 8.18. The summed E-state index contributed by atoms with van der Waals surface area (Å²) >= 11 is 0. The van der Waals surface area contributed by atoms with Crippen molar-refractivity contribution < 1.29 is 9.90 Å². The van der Waals surface area contributed by atoms with Gasteiger partial charge in [0.1, 0.15) is 0 Å². The highest BCUT2D eigenvalue weighted by Gasteiger charge is 1.98. The van der Waals surface area contributed by atoms with Crippen molar-refractivity contribution in [3.05, 3.63) is 41.5 Å². The Hall–Kier alpha value is -1.57. The smallest absolute Gasteiger partial charge is 0.303 e. The van der Waals surface area contributed by atoms with Gasteiger partial charge in [-0.05, 0) is 30.9 Å². The molecule has 0 heterocycles. The molecule has 0 spiro atoms. The zero-order valence-corrected chi connectivity index (χ0v) is 8.94. The fraction of sp³-hybridized carbons (Fsp3) is 0.308. The second-order valence-corrected chi connectivity index (χ2v) is 3.49. The van der Waals surface area contributed by atoms with Crippen LogP contribution in [0.25, 0.3) is 6.08 Å². The summed E-state index contributed by atoms with van der Waals surface area (Å²) in [6.45, 7) is 1.98. The highest BCUT2D eigenvalue weighted by atomic mass is 16.4. The molecule has 1 aromatic carbocycles. The highest BCUT2D eigenvalue weighted by molar-refractivity contribution is 5.66. The summed E-state index contributed by atoms with van der Waals surface area (Å²) in [6.07, 6.45) is 5.82. The van der Waals surface area contributed by atoms with Gasteiger partial charge in [-0.1, -0.05) is 36.4 Å². The van der Waals surface area contributed by atoms with Crippen LogP contribution >= 0.6 is 0 Å². The van der Waals surface area contributed by atoms with E-state index in [0.29, 0.717) is 6.42 Å². The molecule has 0 fully saturated rings. The Bertz CT molecular complexity index is 353. The number of rotatable bonds is 5. The zero-order valence-electron chi connectivity index (χ0n) is 8.94. The van der Waals surface area contributed by atoms with Crippen LogP contribution in [0.15, 0.2) is 30.3 Å². The topological polar surface area (TPSA) is 37.3 Å². The molecule has 0 saturated heterocycles. The quantitative estimate of drug-likeness (QED) is 0.800.